The van der Waals surface area contributed by atoms with Crippen molar-refractivity contribution in [1.82, 2.24) is 10.7 Å². The Bertz CT molecular complexity index is 448. The van der Waals surface area contributed by atoms with Crippen molar-refractivity contribution in [2.45, 2.75) is 13.8 Å². The lowest BCUT2D eigenvalue weighted by Gasteiger charge is -2.10. The molecule has 17 heavy (non-hydrogen) atoms. The van der Waals surface area contributed by atoms with E-state index >= 15 is 0 Å². The molecule has 5 heteroatoms. The Labute approximate surface area is 99.7 Å². The molecule has 1 aromatic rings. The summed E-state index contributed by atoms with van der Waals surface area (Å²) < 4.78 is 0. The van der Waals surface area contributed by atoms with Crippen molar-refractivity contribution in [2.75, 3.05) is 0 Å². The van der Waals surface area contributed by atoms with E-state index in [4.69, 9.17) is 5.84 Å². The minimum Gasteiger partial charge on any atom is -0.317 e. The van der Waals surface area contributed by atoms with Gasteiger partial charge in [0.1, 0.15) is 5.70 Å². The molecule has 0 unspecified atom stereocenters. The van der Waals surface area contributed by atoms with Crippen molar-refractivity contribution in [3.8, 4) is 0 Å². The standard InChI is InChI=1S/C12H15N3O2/c1-8(2)10(12(17)15-13)14-11(16)9-6-4-3-5-7-9/h3-7H,13H2,1-2H3,(H,14,16)(H,15,17). The van der Waals surface area contributed by atoms with Gasteiger partial charge in [-0.25, -0.2) is 5.84 Å². The fourth-order valence-electron chi connectivity index (χ4n) is 1.26. The molecule has 0 aromatic heterocycles. The van der Waals surface area contributed by atoms with Gasteiger partial charge in [0.15, 0.2) is 0 Å². The van der Waals surface area contributed by atoms with Crippen LogP contribution in [0.15, 0.2) is 41.6 Å². The first-order valence-electron chi connectivity index (χ1n) is 5.11. The average Bonchev–Trinajstić information content (AvgIpc) is 2.35. The maximum atomic E-state index is 11.8. The van der Waals surface area contributed by atoms with Crippen molar-refractivity contribution in [1.29, 1.82) is 0 Å². The Morgan fingerprint density at radius 3 is 2.18 bits per heavy atom. The Hall–Kier alpha value is -2.14. The van der Waals surface area contributed by atoms with Crippen LogP contribution in [-0.2, 0) is 4.79 Å². The summed E-state index contributed by atoms with van der Waals surface area (Å²) in [4.78, 5) is 23.2. The van der Waals surface area contributed by atoms with Crippen molar-refractivity contribution in [3.63, 3.8) is 0 Å². The van der Waals surface area contributed by atoms with E-state index in [2.05, 4.69) is 5.32 Å². The van der Waals surface area contributed by atoms with Crippen LogP contribution in [0.3, 0.4) is 0 Å². The van der Waals surface area contributed by atoms with E-state index in [9.17, 15) is 9.59 Å². The molecule has 0 saturated carbocycles. The SMILES string of the molecule is CC(C)=C(NC(=O)c1ccccc1)C(=O)NN. The first-order valence-corrected chi connectivity index (χ1v) is 5.11. The summed E-state index contributed by atoms with van der Waals surface area (Å²) in [6.07, 6.45) is 0. The lowest BCUT2D eigenvalue weighted by Crippen LogP contribution is -2.39. The van der Waals surface area contributed by atoms with Crippen LogP contribution in [0.5, 0.6) is 0 Å². The Morgan fingerprint density at radius 2 is 1.71 bits per heavy atom. The van der Waals surface area contributed by atoms with Crippen LogP contribution in [0.1, 0.15) is 24.2 Å². The van der Waals surface area contributed by atoms with Gasteiger partial charge < -0.3 is 5.32 Å². The molecule has 1 aromatic carbocycles. The summed E-state index contributed by atoms with van der Waals surface area (Å²) in [7, 11) is 0. The Kier molecular flexibility index (Phi) is 4.42. The Morgan fingerprint density at radius 1 is 1.12 bits per heavy atom. The normalized spacial score (nSPS) is 9.35. The lowest BCUT2D eigenvalue weighted by atomic mass is 10.2. The van der Waals surface area contributed by atoms with Crippen LogP contribution in [0.2, 0.25) is 0 Å². The Balaban J connectivity index is 2.87. The summed E-state index contributed by atoms with van der Waals surface area (Å²) in [6.45, 7) is 3.44. The van der Waals surface area contributed by atoms with E-state index in [1.807, 2.05) is 11.5 Å². The van der Waals surface area contributed by atoms with Crippen LogP contribution >= 0.6 is 0 Å². The third-order valence-electron chi connectivity index (χ3n) is 2.13. The van der Waals surface area contributed by atoms with Gasteiger partial charge in [-0.2, -0.15) is 0 Å². The highest BCUT2D eigenvalue weighted by molar-refractivity contribution is 6.02. The molecule has 0 aliphatic heterocycles. The van der Waals surface area contributed by atoms with E-state index in [-0.39, 0.29) is 11.6 Å². The first-order chi connectivity index (χ1) is 8.06. The van der Waals surface area contributed by atoms with Gasteiger partial charge >= 0.3 is 0 Å². The van der Waals surface area contributed by atoms with Gasteiger partial charge in [0.2, 0.25) is 0 Å². The predicted molar refractivity (Wildman–Crippen MR) is 64.6 cm³/mol. The van der Waals surface area contributed by atoms with Crippen LogP contribution < -0.4 is 16.6 Å². The van der Waals surface area contributed by atoms with E-state index in [1.165, 1.54) is 0 Å². The molecule has 0 heterocycles. The molecule has 5 nitrogen and oxygen atoms in total. The minimum absolute atomic E-state index is 0.168. The summed E-state index contributed by atoms with van der Waals surface area (Å²) in [5, 5.41) is 2.53. The molecular formula is C12H15N3O2. The summed E-state index contributed by atoms with van der Waals surface area (Å²) in [6, 6.07) is 8.64. The average molecular weight is 233 g/mol. The number of rotatable bonds is 3. The van der Waals surface area contributed by atoms with E-state index < -0.39 is 5.91 Å². The second-order valence-corrected chi connectivity index (χ2v) is 3.67. The molecule has 0 saturated heterocycles. The number of hydrazine groups is 1. The van der Waals surface area contributed by atoms with Gasteiger partial charge in [-0.3, -0.25) is 15.0 Å². The van der Waals surface area contributed by atoms with Gasteiger partial charge in [-0.15, -0.1) is 0 Å². The summed E-state index contributed by atoms with van der Waals surface area (Å²) >= 11 is 0. The van der Waals surface area contributed by atoms with Crippen molar-refractivity contribution < 1.29 is 9.59 Å². The second-order valence-electron chi connectivity index (χ2n) is 3.67. The zero-order chi connectivity index (χ0) is 12.8. The second kappa shape index (κ2) is 5.81. The minimum atomic E-state index is -0.519. The zero-order valence-corrected chi connectivity index (χ0v) is 9.78. The van der Waals surface area contributed by atoms with Gasteiger partial charge in [0.25, 0.3) is 11.8 Å². The molecule has 0 fully saturated rings. The number of carbonyl (C=O) groups excluding carboxylic acids is 2. The van der Waals surface area contributed by atoms with Gasteiger partial charge in [0.05, 0.1) is 0 Å². The number of carbonyl (C=O) groups is 2. The molecule has 4 N–H and O–H groups in total. The third-order valence-corrected chi connectivity index (χ3v) is 2.13. The van der Waals surface area contributed by atoms with Crippen LogP contribution in [0, 0.1) is 0 Å². The molecule has 0 radical (unpaired) electrons. The summed E-state index contributed by atoms with van der Waals surface area (Å²) in [5.74, 6) is 4.18. The maximum Gasteiger partial charge on any atom is 0.281 e. The van der Waals surface area contributed by atoms with Gasteiger partial charge in [0, 0.05) is 5.56 Å². The topological polar surface area (TPSA) is 84.2 Å². The maximum absolute atomic E-state index is 11.8. The monoisotopic (exact) mass is 233 g/mol. The van der Waals surface area contributed by atoms with E-state index in [0.29, 0.717) is 11.1 Å². The van der Waals surface area contributed by atoms with E-state index in [1.54, 1.807) is 38.1 Å². The molecule has 0 atom stereocenters. The third kappa shape index (κ3) is 3.42. The molecule has 1 rings (SSSR count). The summed E-state index contributed by atoms with van der Waals surface area (Å²) in [5.41, 5.74) is 3.32. The molecule has 90 valence electrons. The number of amides is 2. The van der Waals surface area contributed by atoms with Crippen molar-refractivity contribution in [2.24, 2.45) is 5.84 Å². The highest BCUT2D eigenvalue weighted by atomic mass is 16.2. The highest BCUT2D eigenvalue weighted by Crippen LogP contribution is 2.03. The molecule has 0 aliphatic rings. The van der Waals surface area contributed by atoms with Gasteiger partial charge in [-0.05, 0) is 31.6 Å². The zero-order valence-electron chi connectivity index (χ0n) is 9.78. The number of nitrogens with one attached hydrogen (secondary N) is 2. The van der Waals surface area contributed by atoms with E-state index in [0.717, 1.165) is 0 Å². The molecule has 2 amide bonds. The van der Waals surface area contributed by atoms with Crippen molar-refractivity contribution in [3.05, 3.63) is 47.2 Å². The molecule has 0 aliphatic carbocycles. The molecule has 0 bridgehead atoms. The largest absolute Gasteiger partial charge is 0.317 e. The van der Waals surface area contributed by atoms with Crippen LogP contribution in [0.25, 0.3) is 0 Å². The van der Waals surface area contributed by atoms with Crippen LogP contribution in [-0.4, -0.2) is 11.8 Å². The van der Waals surface area contributed by atoms with Crippen LogP contribution in [0.4, 0.5) is 0 Å². The van der Waals surface area contributed by atoms with Crippen molar-refractivity contribution >= 4 is 11.8 Å². The predicted octanol–water partition coefficient (Wildman–Crippen LogP) is 0.700. The fraction of sp³-hybridized carbons (Fsp3) is 0.167. The quantitative estimate of drug-likeness (QED) is 0.311. The molecular weight excluding hydrogens is 218 g/mol. The molecule has 0 spiro atoms. The highest BCUT2D eigenvalue weighted by Gasteiger charge is 2.14. The number of benzene rings is 1. The number of hydrogen-bond acceptors (Lipinski definition) is 3. The lowest BCUT2D eigenvalue weighted by molar-refractivity contribution is -0.117. The number of hydrogen-bond donors (Lipinski definition) is 3. The number of nitrogens with two attached hydrogens (primary N) is 1. The fourth-order valence-corrected chi connectivity index (χ4v) is 1.26. The van der Waals surface area contributed by atoms with Gasteiger partial charge in [-0.1, -0.05) is 18.2 Å². The first kappa shape index (κ1) is 12.9. The number of allylic oxidation sites excluding steroid dienone is 1. The smallest absolute Gasteiger partial charge is 0.281 e.